The van der Waals surface area contributed by atoms with Crippen molar-refractivity contribution in [3.63, 3.8) is 0 Å². The van der Waals surface area contributed by atoms with Gasteiger partial charge in [-0.15, -0.1) is 11.3 Å². The summed E-state index contributed by atoms with van der Waals surface area (Å²) in [5.74, 6) is 0.173. The van der Waals surface area contributed by atoms with E-state index in [0.717, 1.165) is 16.9 Å². The van der Waals surface area contributed by atoms with E-state index in [-0.39, 0.29) is 23.7 Å². The molecule has 4 nitrogen and oxygen atoms in total. The first-order valence-electron chi connectivity index (χ1n) is 8.27. The zero-order valence-corrected chi connectivity index (χ0v) is 14.1. The molecule has 1 aliphatic heterocycles. The predicted molar refractivity (Wildman–Crippen MR) is 92.5 cm³/mol. The van der Waals surface area contributed by atoms with Crippen molar-refractivity contribution >= 4 is 23.0 Å². The summed E-state index contributed by atoms with van der Waals surface area (Å²) in [6.45, 7) is 1.56. The van der Waals surface area contributed by atoms with Crippen LogP contribution in [-0.2, 0) is 16.0 Å². The van der Waals surface area contributed by atoms with E-state index in [1.807, 2.05) is 40.6 Å². The number of hydrogen-bond donors (Lipinski definition) is 0. The molecule has 5 heteroatoms. The summed E-state index contributed by atoms with van der Waals surface area (Å²) in [5.41, 5.74) is 2.40. The van der Waals surface area contributed by atoms with Gasteiger partial charge in [0.25, 0.3) is 0 Å². The summed E-state index contributed by atoms with van der Waals surface area (Å²) in [6, 6.07) is 11.7. The second-order valence-corrected chi connectivity index (χ2v) is 7.27. The van der Waals surface area contributed by atoms with Crippen molar-refractivity contribution in [3.8, 4) is 0 Å². The van der Waals surface area contributed by atoms with Gasteiger partial charge in [-0.2, -0.15) is 0 Å². The van der Waals surface area contributed by atoms with Crippen molar-refractivity contribution in [1.82, 2.24) is 4.90 Å². The van der Waals surface area contributed by atoms with Crippen molar-refractivity contribution in [2.24, 2.45) is 0 Å². The van der Waals surface area contributed by atoms with Crippen LogP contribution in [-0.4, -0.2) is 42.4 Å². The standard InChI is InChI=1S/C19H19NO3S/c21-17(18-6-3-9-24-18)11-14-12-23-8-7-20(14)19(22)16-10-13-4-1-2-5-15(13)16/h1-6,9,14,16H,7-8,10-12H2/t14-,16+/m0/s1. The predicted octanol–water partition coefficient (Wildman–Crippen LogP) is 2.89. The lowest BCUT2D eigenvalue weighted by atomic mass is 9.76. The van der Waals surface area contributed by atoms with Crippen molar-refractivity contribution in [3.05, 3.63) is 57.8 Å². The fourth-order valence-corrected chi connectivity index (χ4v) is 4.22. The lowest BCUT2D eigenvalue weighted by molar-refractivity contribution is -0.141. The first-order valence-corrected chi connectivity index (χ1v) is 9.15. The molecule has 1 aliphatic carbocycles. The molecule has 0 radical (unpaired) electrons. The van der Waals surface area contributed by atoms with Crippen LogP contribution >= 0.6 is 11.3 Å². The van der Waals surface area contributed by atoms with E-state index >= 15 is 0 Å². The number of benzene rings is 1. The van der Waals surface area contributed by atoms with Gasteiger partial charge in [0, 0.05) is 13.0 Å². The topological polar surface area (TPSA) is 46.6 Å². The molecule has 1 aromatic carbocycles. The minimum Gasteiger partial charge on any atom is -0.377 e. The molecule has 0 bridgehead atoms. The molecule has 0 saturated carbocycles. The van der Waals surface area contributed by atoms with Crippen LogP contribution in [0, 0.1) is 0 Å². The molecule has 0 unspecified atom stereocenters. The van der Waals surface area contributed by atoms with Gasteiger partial charge in [0.05, 0.1) is 30.1 Å². The summed E-state index contributed by atoms with van der Waals surface area (Å²) in [7, 11) is 0. The molecule has 2 atom stereocenters. The Labute approximate surface area is 145 Å². The summed E-state index contributed by atoms with van der Waals surface area (Å²) >= 11 is 1.45. The van der Waals surface area contributed by atoms with Crippen LogP contribution in [0.2, 0.25) is 0 Å². The van der Waals surface area contributed by atoms with E-state index in [4.69, 9.17) is 4.74 Å². The number of ketones is 1. The fraction of sp³-hybridized carbons (Fsp3) is 0.368. The van der Waals surface area contributed by atoms with E-state index < -0.39 is 0 Å². The highest BCUT2D eigenvalue weighted by atomic mass is 32.1. The molecule has 24 heavy (non-hydrogen) atoms. The Bertz CT molecular complexity index is 756. The molecule has 0 spiro atoms. The Hall–Kier alpha value is -1.98. The zero-order valence-electron chi connectivity index (χ0n) is 13.3. The average Bonchev–Trinajstić information content (AvgIpc) is 3.11. The second kappa shape index (κ2) is 6.49. The lowest BCUT2D eigenvalue weighted by Crippen LogP contribution is -2.52. The molecule has 1 amide bonds. The first kappa shape index (κ1) is 15.5. The molecule has 1 fully saturated rings. The van der Waals surface area contributed by atoms with Crippen LogP contribution in [0.15, 0.2) is 41.8 Å². The van der Waals surface area contributed by atoms with Crippen molar-refractivity contribution < 1.29 is 14.3 Å². The Morgan fingerprint density at radius 1 is 1.21 bits per heavy atom. The fourth-order valence-electron chi connectivity index (χ4n) is 3.55. The van der Waals surface area contributed by atoms with Crippen LogP contribution < -0.4 is 0 Å². The van der Waals surface area contributed by atoms with Crippen LogP contribution in [0.3, 0.4) is 0 Å². The van der Waals surface area contributed by atoms with Crippen LogP contribution in [0.5, 0.6) is 0 Å². The van der Waals surface area contributed by atoms with Gasteiger partial charge in [-0.05, 0) is 29.0 Å². The maximum Gasteiger partial charge on any atom is 0.230 e. The molecule has 1 saturated heterocycles. The number of carbonyl (C=O) groups excluding carboxylic acids is 2. The Balaban J connectivity index is 1.48. The normalized spacial score (nSPS) is 22.6. The number of morpholine rings is 1. The number of fused-ring (bicyclic) bond motifs is 1. The average molecular weight is 341 g/mol. The molecule has 4 rings (SSSR count). The number of ether oxygens (including phenoxy) is 1. The third-order valence-corrected chi connectivity index (χ3v) is 5.79. The van der Waals surface area contributed by atoms with E-state index in [0.29, 0.717) is 26.2 Å². The van der Waals surface area contributed by atoms with Gasteiger partial charge in [-0.3, -0.25) is 9.59 Å². The van der Waals surface area contributed by atoms with Crippen LogP contribution in [0.1, 0.15) is 33.1 Å². The Morgan fingerprint density at radius 2 is 2.08 bits per heavy atom. The number of Topliss-reactive ketones (excluding diaryl/α,β-unsaturated/α-hetero) is 1. The van der Waals surface area contributed by atoms with Gasteiger partial charge in [-0.25, -0.2) is 0 Å². The maximum atomic E-state index is 13.0. The van der Waals surface area contributed by atoms with E-state index in [2.05, 4.69) is 6.07 Å². The van der Waals surface area contributed by atoms with Crippen LogP contribution in [0.25, 0.3) is 0 Å². The monoisotopic (exact) mass is 341 g/mol. The SMILES string of the molecule is O=C(C[C@H]1COCCN1C(=O)[C@@H]1Cc2ccccc21)c1cccs1. The summed E-state index contributed by atoms with van der Waals surface area (Å²) < 4.78 is 5.54. The van der Waals surface area contributed by atoms with E-state index in [1.165, 1.54) is 16.9 Å². The highest BCUT2D eigenvalue weighted by Gasteiger charge is 2.38. The molecule has 2 heterocycles. The van der Waals surface area contributed by atoms with Gasteiger partial charge >= 0.3 is 0 Å². The molecule has 0 N–H and O–H groups in total. The second-order valence-electron chi connectivity index (χ2n) is 6.32. The van der Waals surface area contributed by atoms with E-state index in [9.17, 15) is 9.59 Å². The number of hydrogen-bond acceptors (Lipinski definition) is 4. The quantitative estimate of drug-likeness (QED) is 0.804. The number of nitrogens with zero attached hydrogens (tertiary/aromatic N) is 1. The third kappa shape index (κ3) is 2.78. The maximum absolute atomic E-state index is 13.0. The lowest BCUT2D eigenvalue weighted by Gasteiger charge is -2.40. The number of thiophene rings is 1. The molecule has 124 valence electrons. The van der Waals surface area contributed by atoms with Gasteiger partial charge in [-0.1, -0.05) is 30.3 Å². The summed E-state index contributed by atoms with van der Waals surface area (Å²) in [6.07, 6.45) is 1.14. The third-order valence-electron chi connectivity index (χ3n) is 4.88. The van der Waals surface area contributed by atoms with Gasteiger partial charge < -0.3 is 9.64 Å². The minimum absolute atomic E-state index is 0.0568. The Morgan fingerprint density at radius 3 is 2.88 bits per heavy atom. The summed E-state index contributed by atoms with van der Waals surface area (Å²) in [5, 5.41) is 1.90. The number of rotatable bonds is 4. The highest BCUT2D eigenvalue weighted by molar-refractivity contribution is 7.12. The van der Waals surface area contributed by atoms with Gasteiger partial charge in [0.2, 0.25) is 5.91 Å². The van der Waals surface area contributed by atoms with Crippen molar-refractivity contribution in [2.75, 3.05) is 19.8 Å². The molecule has 2 aliphatic rings. The molecular weight excluding hydrogens is 322 g/mol. The highest BCUT2D eigenvalue weighted by Crippen LogP contribution is 2.37. The molecule has 1 aromatic heterocycles. The summed E-state index contributed by atoms with van der Waals surface area (Å²) in [4.78, 5) is 28.0. The molecular formula is C19H19NO3S. The molecule has 2 aromatic rings. The Kier molecular flexibility index (Phi) is 4.21. The van der Waals surface area contributed by atoms with Crippen molar-refractivity contribution in [2.45, 2.75) is 24.8 Å². The zero-order chi connectivity index (χ0) is 16.5. The smallest absolute Gasteiger partial charge is 0.230 e. The largest absolute Gasteiger partial charge is 0.377 e. The van der Waals surface area contributed by atoms with Crippen LogP contribution in [0.4, 0.5) is 0 Å². The van der Waals surface area contributed by atoms with Gasteiger partial charge in [0.1, 0.15) is 0 Å². The van der Waals surface area contributed by atoms with E-state index in [1.54, 1.807) is 0 Å². The minimum atomic E-state index is -0.159. The first-order chi connectivity index (χ1) is 11.7. The van der Waals surface area contributed by atoms with Gasteiger partial charge in [0.15, 0.2) is 5.78 Å². The van der Waals surface area contributed by atoms with Crippen molar-refractivity contribution in [1.29, 1.82) is 0 Å². The number of carbonyl (C=O) groups is 2. The number of amides is 1.